The summed E-state index contributed by atoms with van der Waals surface area (Å²) in [6, 6.07) is 5.39. The summed E-state index contributed by atoms with van der Waals surface area (Å²) in [7, 11) is 0. The predicted octanol–water partition coefficient (Wildman–Crippen LogP) is 2.95. The fraction of sp³-hybridized carbons (Fsp3) is 0.583. The maximum atomic E-state index is 12.0. The average molecular weight is 352 g/mol. The van der Waals surface area contributed by atoms with E-state index in [2.05, 4.69) is 26.6 Å². The molecule has 2 unspecified atom stereocenters. The van der Waals surface area contributed by atoms with Crippen LogP contribution in [0.2, 0.25) is 0 Å². The molecular weight excluding hydrogens is 336 g/mol. The molecule has 2 N–H and O–H groups in total. The quantitative estimate of drug-likeness (QED) is 0.860. The first kappa shape index (κ1) is 14.3. The lowest BCUT2D eigenvalue weighted by atomic mass is 10.00. The highest BCUT2D eigenvalue weighted by molar-refractivity contribution is 9.11. The molecule has 2 fully saturated rings. The van der Waals surface area contributed by atoms with Crippen molar-refractivity contribution in [3.63, 3.8) is 0 Å². The minimum absolute atomic E-state index is 0. The van der Waals surface area contributed by atoms with Gasteiger partial charge in [-0.25, -0.2) is 0 Å². The molecule has 18 heavy (non-hydrogen) atoms. The molecule has 0 aromatic carbocycles. The number of halogens is 2. The molecule has 3 heterocycles. The first-order chi connectivity index (χ1) is 8.20. The van der Waals surface area contributed by atoms with Crippen molar-refractivity contribution in [2.45, 2.75) is 43.8 Å². The SMILES string of the molecule is Cl.O=C(NC1CC2CCC(C1)N2)c1ccc(Br)s1. The van der Waals surface area contributed by atoms with Crippen LogP contribution in [-0.2, 0) is 0 Å². The maximum absolute atomic E-state index is 12.0. The zero-order valence-electron chi connectivity index (χ0n) is 9.82. The Hall–Kier alpha value is -0.100. The van der Waals surface area contributed by atoms with Gasteiger partial charge >= 0.3 is 0 Å². The second-order valence-corrected chi connectivity index (χ2v) is 7.35. The zero-order chi connectivity index (χ0) is 11.8. The Morgan fingerprint density at radius 2 is 2.00 bits per heavy atom. The lowest BCUT2D eigenvalue weighted by Crippen LogP contribution is -2.47. The van der Waals surface area contributed by atoms with Crippen molar-refractivity contribution in [1.82, 2.24) is 10.6 Å². The number of amides is 1. The van der Waals surface area contributed by atoms with Crippen molar-refractivity contribution in [3.8, 4) is 0 Å². The van der Waals surface area contributed by atoms with E-state index < -0.39 is 0 Å². The topological polar surface area (TPSA) is 41.1 Å². The predicted molar refractivity (Wildman–Crippen MR) is 79.7 cm³/mol. The van der Waals surface area contributed by atoms with Crippen LogP contribution >= 0.6 is 39.7 Å². The van der Waals surface area contributed by atoms with E-state index in [4.69, 9.17) is 0 Å². The van der Waals surface area contributed by atoms with Crippen LogP contribution in [-0.4, -0.2) is 24.0 Å². The number of nitrogens with one attached hydrogen (secondary N) is 2. The van der Waals surface area contributed by atoms with Gasteiger partial charge in [0.15, 0.2) is 0 Å². The highest BCUT2D eigenvalue weighted by Crippen LogP contribution is 2.27. The Bertz CT molecular complexity index is 427. The normalized spacial score (nSPS) is 29.7. The molecule has 0 radical (unpaired) electrons. The Morgan fingerprint density at radius 1 is 1.33 bits per heavy atom. The second kappa shape index (κ2) is 5.90. The third-order valence-electron chi connectivity index (χ3n) is 3.61. The molecule has 2 aliphatic heterocycles. The average Bonchev–Trinajstić information content (AvgIpc) is 2.85. The van der Waals surface area contributed by atoms with Gasteiger partial charge in [-0.3, -0.25) is 4.79 Å². The van der Waals surface area contributed by atoms with E-state index in [1.54, 1.807) is 0 Å². The van der Waals surface area contributed by atoms with Gasteiger partial charge in [0.25, 0.3) is 5.91 Å². The molecule has 6 heteroatoms. The molecule has 100 valence electrons. The van der Waals surface area contributed by atoms with Crippen molar-refractivity contribution in [2.24, 2.45) is 0 Å². The van der Waals surface area contributed by atoms with E-state index >= 15 is 0 Å². The smallest absolute Gasteiger partial charge is 0.261 e. The summed E-state index contributed by atoms with van der Waals surface area (Å²) in [5.74, 6) is 0.0759. The molecule has 0 saturated carbocycles. The Kier molecular flexibility index (Phi) is 4.69. The molecule has 1 aromatic heterocycles. The van der Waals surface area contributed by atoms with Crippen LogP contribution in [0.1, 0.15) is 35.4 Å². The van der Waals surface area contributed by atoms with Crippen molar-refractivity contribution in [2.75, 3.05) is 0 Å². The number of piperidine rings is 1. The number of hydrogen-bond donors (Lipinski definition) is 2. The van der Waals surface area contributed by atoms with Crippen molar-refractivity contribution in [1.29, 1.82) is 0 Å². The van der Waals surface area contributed by atoms with Gasteiger partial charge in [0.1, 0.15) is 0 Å². The number of carbonyl (C=O) groups is 1. The molecule has 3 rings (SSSR count). The maximum Gasteiger partial charge on any atom is 0.261 e. The second-order valence-electron chi connectivity index (χ2n) is 4.88. The van der Waals surface area contributed by atoms with Gasteiger partial charge < -0.3 is 10.6 Å². The van der Waals surface area contributed by atoms with Crippen LogP contribution in [0.25, 0.3) is 0 Å². The van der Waals surface area contributed by atoms with Crippen molar-refractivity contribution >= 4 is 45.6 Å². The Morgan fingerprint density at radius 3 is 2.56 bits per heavy atom. The largest absolute Gasteiger partial charge is 0.348 e. The minimum atomic E-state index is 0. The number of thiophene rings is 1. The first-order valence-corrected chi connectivity index (χ1v) is 7.64. The molecule has 2 aliphatic rings. The zero-order valence-corrected chi connectivity index (χ0v) is 13.0. The summed E-state index contributed by atoms with van der Waals surface area (Å²) in [6.45, 7) is 0. The van der Waals surface area contributed by atoms with Gasteiger partial charge in [0.2, 0.25) is 0 Å². The third kappa shape index (κ3) is 3.07. The molecule has 1 aromatic rings. The number of rotatable bonds is 2. The van der Waals surface area contributed by atoms with Crippen LogP contribution in [0, 0.1) is 0 Å². The lowest BCUT2D eigenvalue weighted by Gasteiger charge is -2.29. The van der Waals surface area contributed by atoms with E-state index in [0.717, 1.165) is 21.5 Å². The van der Waals surface area contributed by atoms with E-state index in [1.807, 2.05) is 12.1 Å². The fourth-order valence-corrected chi connectivity index (χ4v) is 4.16. The van der Waals surface area contributed by atoms with Gasteiger partial charge in [0, 0.05) is 18.1 Å². The van der Waals surface area contributed by atoms with E-state index in [0.29, 0.717) is 18.1 Å². The number of carbonyl (C=O) groups excluding carboxylic acids is 1. The molecule has 0 aliphatic carbocycles. The standard InChI is InChI=1S/C12H15BrN2OS.ClH/c13-11-4-3-10(17-11)12(16)15-9-5-7-1-2-8(6-9)14-7;/h3-4,7-9,14H,1-2,5-6H2,(H,15,16);1H. The summed E-state index contributed by atoms with van der Waals surface area (Å²) in [4.78, 5) is 12.8. The molecule has 2 saturated heterocycles. The van der Waals surface area contributed by atoms with Crippen LogP contribution in [0.4, 0.5) is 0 Å². The Labute approximate surface area is 125 Å². The van der Waals surface area contributed by atoms with E-state index in [-0.39, 0.29) is 18.3 Å². The summed E-state index contributed by atoms with van der Waals surface area (Å²) in [5.41, 5.74) is 0. The van der Waals surface area contributed by atoms with Crippen molar-refractivity contribution in [3.05, 3.63) is 20.8 Å². The van der Waals surface area contributed by atoms with Crippen LogP contribution < -0.4 is 10.6 Å². The van der Waals surface area contributed by atoms with E-state index in [1.165, 1.54) is 24.2 Å². The fourth-order valence-electron chi connectivity index (χ4n) is 2.87. The lowest BCUT2D eigenvalue weighted by molar-refractivity contribution is 0.0928. The number of fused-ring (bicyclic) bond motifs is 2. The van der Waals surface area contributed by atoms with Gasteiger partial charge in [0.05, 0.1) is 8.66 Å². The van der Waals surface area contributed by atoms with Crippen LogP contribution in [0.5, 0.6) is 0 Å². The summed E-state index contributed by atoms with van der Waals surface area (Å²) in [6.07, 6.45) is 4.69. The van der Waals surface area contributed by atoms with Gasteiger partial charge in [-0.05, 0) is 53.7 Å². The minimum Gasteiger partial charge on any atom is -0.348 e. The van der Waals surface area contributed by atoms with Crippen LogP contribution in [0.3, 0.4) is 0 Å². The van der Waals surface area contributed by atoms with Gasteiger partial charge in [-0.15, -0.1) is 23.7 Å². The van der Waals surface area contributed by atoms with E-state index in [9.17, 15) is 4.79 Å². The van der Waals surface area contributed by atoms with Gasteiger partial charge in [-0.2, -0.15) is 0 Å². The van der Waals surface area contributed by atoms with Crippen LogP contribution in [0.15, 0.2) is 15.9 Å². The molecule has 2 atom stereocenters. The Balaban J connectivity index is 0.00000120. The highest BCUT2D eigenvalue weighted by Gasteiger charge is 2.34. The summed E-state index contributed by atoms with van der Waals surface area (Å²) < 4.78 is 1.01. The highest BCUT2D eigenvalue weighted by atomic mass is 79.9. The van der Waals surface area contributed by atoms with Crippen molar-refractivity contribution < 1.29 is 4.79 Å². The molecule has 1 amide bonds. The summed E-state index contributed by atoms with van der Waals surface area (Å²) >= 11 is 4.87. The molecule has 2 bridgehead atoms. The molecular formula is C12H16BrClN2OS. The summed E-state index contributed by atoms with van der Waals surface area (Å²) in [5, 5.41) is 6.74. The molecule has 3 nitrogen and oxygen atoms in total. The first-order valence-electron chi connectivity index (χ1n) is 6.03. The monoisotopic (exact) mass is 350 g/mol. The molecule has 0 spiro atoms. The van der Waals surface area contributed by atoms with Gasteiger partial charge in [-0.1, -0.05) is 0 Å². The third-order valence-corrected chi connectivity index (χ3v) is 5.23. The number of hydrogen-bond acceptors (Lipinski definition) is 3.